The van der Waals surface area contributed by atoms with E-state index in [4.69, 9.17) is 4.74 Å². The molecule has 0 aliphatic carbocycles. The number of piperidine rings is 1. The molecule has 1 fully saturated rings. The van der Waals surface area contributed by atoms with Crippen LogP contribution >= 0.6 is 11.3 Å². The van der Waals surface area contributed by atoms with Gasteiger partial charge in [0.25, 0.3) is 5.91 Å². The molecule has 0 saturated carbocycles. The SMILES string of the molecule is CCOC(=O)c1sc(NC(=O)c2cccc(S(=O)(=O)N3CC(C)CC(C)C3)c2)cc1C. The minimum Gasteiger partial charge on any atom is -0.462 e. The number of carbonyl (C=O) groups is 2. The maximum Gasteiger partial charge on any atom is 0.348 e. The van der Waals surface area contributed by atoms with E-state index in [2.05, 4.69) is 19.2 Å². The average Bonchev–Trinajstić information content (AvgIpc) is 3.07. The van der Waals surface area contributed by atoms with E-state index in [1.54, 1.807) is 32.0 Å². The quantitative estimate of drug-likeness (QED) is 0.648. The highest BCUT2D eigenvalue weighted by molar-refractivity contribution is 7.89. The molecule has 31 heavy (non-hydrogen) atoms. The first-order chi connectivity index (χ1) is 14.6. The van der Waals surface area contributed by atoms with Crippen LogP contribution in [0.5, 0.6) is 0 Å². The van der Waals surface area contributed by atoms with Gasteiger partial charge in [0.15, 0.2) is 0 Å². The summed E-state index contributed by atoms with van der Waals surface area (Å²) >= 11 is 1.13. The average molecular weight is 465 g/mol. The van der Waals surface area contributed by atoms with Gasteiger partial charge in [-0.1, -0.05) is 19.9 Å². The van der Waals surface area contributed by atoms with E-state index in [1.807, 2.05) is 0 Å². The number of ether oxygens (including phenoxy) is 1. The molecule has 2 heterocycles. The van der Waals surface area contributed by atoms with Crippen LogP contribution in [0.4, 0.5) is 5.00 Å². The van der Waals surface area contributed by atoms with Crippen molar-refractivity contribution in [1.82, 2.24) is 4.31 Å². The summed E-state index contributed by atoms with van der Waals surface area (Å²) in [4.78, 5) is 25.3. The number of benzene rings is 1. The summed E-state index contributed by atoms with van der Waals surface area (Å²) in [5.74, 6) is -0.279. The van der Waals surface area contributed by atoms with Gasteiger partial charge in [-0.3, -0.25) is 4.79 Å². The number of nitrogens with zero attached hydrogens (tertiary/aromatic N) is 1. The maximum absolute atomic E-state index is 13.1. The van der Waals surface area contributed by atoms with Crippen LogP contribution in [-0.2, 0) is 14.8 Å². The number of carbonyl (C=O) groups excluding carboxylic acids is 2. The Bertz CT molecular complexity index is 1070. The van der Waals surface area contributed by atoms with E-state index < -0.39 is 21.9 Å². The van der Waals surface area contributed by atoms with Gasteiger partial charge in [-0.2, -0.15) is 4.31 Å². The van der Waals surface area contributed by atoms with E-state index in [0.29, 0.717) is 40.4 Å². The van der Waals surface area contributed by atoms with Gasteiger partial charge in [0.05, 0.1) is 16.5 Å². The number of anilines is 1. The van der Waals surface area contributed by atoms with Crippen molar-refractivity contribution in [2.75, 3.05) is 25.0 Å². The number of amides is 1. The van der Waals surface area contributed by atoms with Gasteiger partial charge in [-0.15, -0.1) is 11.3 Å². The predicted molar refractivity (Wildman–Crippen MR) is 121 cm³/mol. The van der Waals surface area contributed by atoms with Crippen molar-refractivity contribution in [3.05, 3.63) is 46.3 Å². The molecule has 1 amide bonds. The highest BCUT2D eigenvalue weighted by Crippen LogP contribution is 2.29. The van der Waals surface area contributed by atoms with Crippen molar-refractivity contribution in [2.24, 2.45) is 11.8 Å². The second kappa shape index (κ2) is 9.50. The standard InChI is InChI=1S/C22H28N2O5S2/c1-5-29-22(26)20-16(4)10-19(30-20)23-21(25)17-7-6-8-18(11-17)31(27,28)24-12-14(2)9-15(3)13-24/h6-8,10-11,14-15H,5,9,12-13H2,1-4H3,(H,23,25). The first kappa shape index (κ1) is 23.4. The van der Waals surface area contributed by atoms with Gasteiger partial charge in [0.2, 0.25) is 10.0 Å². The minimum absolute atomic E-state index is 0.107. The van der Waals surface area contributed by atoms with Gasteiger partial charge < -0.3 is 10.1 Å². The normalized spacial score (nSPS) is 19.7. The molecule has 2 unspecified atom stereocenters. The Morgan fingerprint density at radius 3 is 2.52 bits per heavy atom. The van der Waals surface area contributed by atoms with Gasteiger partial charge in [0.1, 0.15) is 4.88 Å². The van der Waals surface area contributed by atoms with Crippen LogP contribution in [0.1, 0.15) is 52.8 Å². The Morgan fingerprint density at radius 1 is 1.19 bits per heavy atom. The number of hydrogen-bond donors (Lipinski definition) is 1. The largest absolute Gasteiger partial charge is 0.462 e. The lowest BCUT2D eigenvalue weighted by molar-refractivity contribution is 0.0531. The summed E-state index contributed by atoms with van der Waals surface area (Å²) in [7, 11) is -3.68. The van der Waals surface area contributed by atoms with Crippen molar-refractivity contribution in [3.63, 3.8) is 0 Å². The molecule has 1 aliphatic rings. The van der Waals surface area contributed by atoms with Crippen LogP contribution in [0.25, 0.3) is 0 Å². The van der Waals surface area contributed by atoms with Gasteiger partial charge >= 0.3 is 5.97 Å². The van der Waals surface area contributed by atoms with E-state index >= 15 is 0 Å². The van der Waals surface area contributed by atoms with E-state index in [1.165, 1.54) is 16.4 Å². The van der Waals surface area contributed by atoms with Crippen molar-refractivity contribution in [1.29, 1.82) is 0 Å². The summed E-state index contributed by atoms with van der Waals surface area (Å²) in [6, 6.07) is 7.77. The monoisotopic (exact) mass is 464 g/mol. The summed E-state index contributed by atoms with van der Waals surface area (Å²) in [6.45, 7) is 8.84. The number of sulfonamides is 1. The first-order valence-electron chi connectivity index (χ1n) is 10.3. The molecule has 0 spiro atoms. The van der Waals surface area contributed by atoms with Crippen molar-refractivity contribution < 1.29 is 22.7 Å². The Labute approximate surface area is 187 Å². The molecule has 0 radical (unpaired) electrons. The lowest BCUT2D eigenvalue weighted by atomic mass is 9.94. The molecule has 1 N–H and O–H groups in total. The number of thiophene rings is 1. The predicted octanol–water partition coefficient (Wildman–Crippen LogP) is 4.15. The molecule has 0 bridgehead atoms. The fraction of sp³-hybridized carbons (Fsp3) is 0.455. The molecule has 3 rings (SSSR count). The zero-order valence-electron chi connectivity index (χ0n) is 18.2. The highest BCUT2D eigenvalue weighted by Gasteiger charge is 2.32. The number of aryl methyl sites for hydroxylation is 1. The van der Waals surface area contributed by atoms with Crippen molar-refractivity contribution in [2.45, 2.75) is 39.0 Å². The molecule has 1 aromatic heterocycles. The van der Waals surface area contributed by atoms with Crippen molar-refractivity contribution >= 4 is 38.2 Å². The Balaban J connectivity index is 1.79. The molecular formula is C22H28N2O5S2. The topological polar surface area (TPSA) is 92.8 Å². The summed E-state index contributed by atoms with van der Waals surface area (Å²) < 4.78 is 32.8. The summed E-state index contributed by atoms with van der Waals surface area (Å²) in [5.41, 5.74) is 0.950. The molecule has 1 aromatic carbocycles. The second-order valence-corrected chi connectivity index (χ2v) is 11.1. The lowest BCUT2D eigenvalue weighted by Crippen LogP contribution is -2.42. The Morgan fingerprint density at radius 2 is 1.87 bits per heavy atom. The molecule has 168 valence electrons. The number of rotatable bonds is 6. The lowest BCUT2D eigenvalue weighted by Gasteiger charge is -2.34. The molecular weight excluding hydrogens is 436 g/mol. The van der Waals surface area contributed by atoms with E-state index in [9.17, 15) is 18.0 Å². The highest BCUT2D eigenvalue weighted by atomic mass is 32.2. The van der Waals surface area contributed by atoms with Gasteiger partial charge in [-0.05, 0) is 61.9 Å². The van der Waals surface area contributed by atoms with Crippen LogP contribution in [0, 0.1) is 18.8 Å². The van der Waals surface area contributed by atoms with Crippen LogP contribution in [0.15, 0.2) is 35.2 Å². The molecule has 1 aliphatic heterocycles. The van der Waals surface area contributed by atoms with Crippen LogP contribution in [0.3, 0.4) is 0 Å². The molecule has 1 saturated heterocycles. The zero-order chi connectivity index (χ0) is 22.8. The minimum atomic E-state index is -3.68. The van der Waals surface area contributed by atoms with E-state index in [0.717, 1.165) is 17.8 Å². The number of nitrogens with one attached hydrogen (secondary N) is 1. The number of hydrogen-bond acceptors (Lipinski definition) is 6. The summed E-state index contributed by atoms with van der Waals surface area (Å²) in [5, 5.41) is 3.25. The van der Waals surface area contributed by atoms with Gasteiger partial charge in [0, 0.05) is 18.7 Å². The summed E-state index contributed by atoms with van der Waals surface area (Å²) in [6.07, 6.45) is 1.00. The molecule has 9 heteroatoms. The molecule has 7 nitrogen and oxygen atoms in total. The fourth-order valence-electron chi connectivity index (χ4n) is 3.88. The Kier molecular flexibility index (Phi) is 7.18. The van der Waals surface area contributed by atoms with Crippen LogP contribution in [0.2, 0.25) is 0 Å². The third kappa shape index (κ3) is 5.34. The fourth-order valence-corrected chi connectivity index (χ4v) is 6.56. The van der Waals surface area contributed by atoms with E-state index in [-0.39, 0.29) is 17.1 Å². The maximum atomic E-state index is 13.1. The van der Waals surface area contributed by atoms with Crippen molar-refractivity contribution in [3.8, 4) is 0 Å². The zero-order valence-corrected chi connectivity index (χ0v) is 19.8. The molecule has 2 atom stereocenters. The van der Waals surface area contributed by atoms with Gasteiger partial charge in [-0.25, -0.2) is 13.2 Å². The van der Waals surface area contributed by atoms with Crippen LogP contribution < -0.4 is 5.32 Å². The molecule has 2 aromatic rings. The second-order valence-electron chi connectivity index (χ2n) is 8.09. The van der Waals surface area contributed by atoms with Crippen LogP contribution in [-0.4, -0.2) is 44.3 Å². The Hall–Kier alpha value is -2.23. The third-order valence-corrected chi connectivity index (χ3v) is 8.14. The first-order valence-corrected chi connectivity index (χ1v) is 12.6. The smallest absolute Gasteiger partial charge is 0.348 e. The third-order valence-electron chi connectivity index (χ3n) is 5.18. The number of esters is 1.